The van der Waals surface area contributed by atoms with Crippen molar-refractivity contribution >= 4 is 47.0 Å². The number of hydrogen-bond donors (Lipinski definition) is 2. The van der Waals surface area contributed by atoms with Crippen molar-refractivity contribution in [2.75, 3.05) is 28.3 Å². The van der Waals surface area contributed by atoms with Gasteiger partial charge in [0.15, 0.2) is 0 Å². The quantitative estimate of drug-likeness (QED) is 0.524. The number of carbonyl (C=O) groups is 2. The number of carboxylic acids is 1. The molecule has 0 saturated carbocycles. The van der Waals surface area contributed by atoms with Gasteiger partial charge in [0.05, 0.1) is 25.3 Å². The van der Waals surface area contributed by atoms with Crippen LogP contribution in [0.2, 0.25) is 0 Å². The van der Waals surface area contributed by atoms with E-state index < -0.39 is 5.97 Å². The van der Waals surface area contributed by atoms with Crippen molar-refractivity contribution in [3.8, 4) is 0 Å². The molecule has 188 valence electrons. The van der Waals surface area contributed by atoms with Gasteiger partial charge in [-0.3, -0.25) is 9.63 Å². The number of halogens is 1. The summed E-state index contributed by atoms with van der Waals surface area (Å²) in [6, 6.07) is 0. The predicted molar refractivity (Wildman–Crippen MR) is 138 cm³/mol. The van der Waals surface area contributed by atoms with E-state index in [9.17, 15) is 9.59 Å². The van der Waals surface area contributed by atoms with Crippen molar-refractivity contribution in [1.82, 2.24) is 10.5 Å². The third-order valence-electron chi connectivity index (χ3n) is 5.35. The summed E-state index contributed by atoms with van der Waals surface area (Å²) in [7, 11) is 6.44. The Morgan fingerprint density at radius 2 is 1.36 bits per heavy atom. The highest BCUT2D eigenvalue weighted by Crippen LogP contribution is 2.31. The summed E-state index contributed by atoms with van der Waals surface area (Å²) in [5, 5.41) is 13.9. The highest BCUT2D eigenvalue weighted by molar-refractivity contribution is 7.10. The molecular weight excluding hydrogens is 484 g/mol. The number of aromatic carboxylic acids is 1. The molecule has 0 bridgehead atoms. The summed E-state index contributed by atoms with van der Waals surface area (Å²) in [5.74, 6) is -0.800. The zero-order chi connectivity index (χ0) is 22.8. The van der Waals surface area contributed by atoms with Gasteiger partial charge in [0.2, 0.25) is 0 Å². The normalized spacial score (nSPS) is 13.3. The molecule has 0 radical (unpaired) electrons. The lowest BCUT2D eigenvalue weighted by atomic mass is 9.96. The monoisotopic (exact) mass is 520 g/mol. The van der Waals surface area contributed by atoms with Crippen molar-refractivity contribution in [3.63, 3.8) is 0 Å². The SMILES string of the molecule is C.CNOC.CON(C)C(=O)c1csc2c1CCCC2.Cl.O=C(O)c1csc2c1CCCC2. The average molecular weight is 521 g/mol. The maximum atomic E-state index is 11.9. The summed E-state index contributed by atoms with van der Waals surface area (Å²) >= 11 is 3.30. The molecule has 2 aromatic heterocycles. The summed E-state index contributed by atoms with van der Waals surface area (Å²) in [6.45, 7) is 0. The van der Waals surface area contributed by atoms with Gasteiger partial charge in [-0.05, 0) is 62.5 Å². The zero-order valence-electron chi connectivity index (χ0n) is 19.1. The molecule has 33 heavy (non-hydrogen) atoms. The van der Waals surface area contributed by atoms with Crippen LogP contribution in [-0.2, 0) is 35.4 Å². The number of carbonyl (C=O) groups excluding carboxylic acids is 1. The number of rotatable bonds is 4. The standard InChI is InChI=1S/C11H15NO2S.C9H10O2S.C2H7NO.CH4.ClH/c1-12(14-2)11(13)9-7-15-10-6-4-3-5-8(9)10;10-9(11)7-5-12-8-4-2-1-3-6(7)8;1-3-4-2;;/h7H,3-6H2,1-2H3;5H,1-4H2,(H,10,11);3H,1-2H3;1H4;1H. The van der Waals surface area contributed by atoms with Crippen LogP contribution in [0.5, 0.6) is 0 Å². The van der Waals surface area contributed by atoms with E-state index in [1.807, 2.05) is 5.38 Å². The fraction of sp³-hybridized carbons (Fsp3) is 0.565. The maximum Gasteiger partial charge on any atom is 0.336 e. The molecule has 0 atom stereocenters. The first-order valence-electron chi connectivity index (χ1n) is 10.4. The van der Waals surface area contributed by atoms with Crippen molar-refractivity contribution in [3.05, 3.63) is 42.8 Å². The molecule has 7 nitrogen and oxygen atoms in total. The van der Waals surface area contributed by atoms with Gasteiger partial charge in [0.25, 0.3) is 5.91 Å². The molecule has 2 aromatic rings. The number of aryl methyl sites for hydroxylation is 2. The predicted octanol–water partition coefficient (Wildman–Crippen LogP) is 5.41. The molecule has 0 aliphatic heterocycles. The highest BCUT2D eigenvalue weighted by atomic mass is 35.5. The molecule has 2 N–H and O–H groups in total. The maximum absolute atomic E-state index is 11.9. The number of hydroxylamine groups is 3. The topological polar surface area (TPSA) is 88.1 Å². The number of nitrogens with one attached hydrogen (secondary N) is 1. The Labute approximate surface area is 211 Å². The Morgan fingerprint density at radius 1 is 0.939 bits per heavy atom. The molecule has 0 spiro atoms. The minimum Gasteiger partial charge on any atom is -0.478 e. The van der Waals surface area contributed by atoms with E-state index in [1.54, 1.807) is 49.3 Å². The number of nitrogens with zero attached hydrogens (tertiary/aromatic N) is 1. The van der Waals surface area contributed by atoms with Gasteiger partial charge in [-0.25, -0.2) is 15.3 Å². The lowest BCUT2D eigenvalue weighted by Gasteiger charge is -2.16. The van der Waals surface area contributed by atoms with Crippen molar-refractivity contribution in [2.24, 2.45) is 0 Å². The second-order valence-electron chi connectivity index (χ2n) is 7.22. The van der Waals surface area contributed by atoms with Crippen LogP contribution in [0, 0.1) is 0 Å². The first-order valence-corrected chi connectivity index (χ1v) is 12.1. The van der Waals surface area contributed by atoms with Gasteiger partial charge in [0, 0.05) is 34.6 Å². The minimum absolute atomic E-state index is 0. The summed E-state index contributed by atoms with van der Waals surface area (Å²) < 4.78 is 0. The van der Waals surface area contributed by atoms with Crippen LogP contribution >= 0.6 is 35.1 Å². The van der Waals surface area contributed by atoms with E-state index in [-0.39, 0.29) is 25.7 Å². The van der Waals surface area contributed by atoms with Crippen LogP contribution in [-0.4, -0.2) is 50.4 Å². The second-order valence-corrected chi connectivity index (χ2v) is 9.14. The second kappa shape index (κ2) is 16.2. The number of carboxylic acid groups (broad SMARTS) is 1. The van der Waals surface area contributed by atoms with Gasteiger partial charge >= 0.3 is 5.97 Å². The average Bonchev–Trinajstić information content (AvgIpc) is 3.43. The lowest BCUT2D eigenvalue weighted by molar-refractivity contribution is -0.0757. The summed E-state index contributed by atoms with van der Waals surface area (Å²) in [6.07, 6.45) is 9.01. The Hall–Kier alpha value is -1.49. The number of thiophene rings is 2. The molecule has 2 aliphatic rings. The van der Waals surface area contributed by atoms with E-state index in [2.05, 4.69) is 10.3 Å². The molecule has 0 aromatic carbocycles. The minimum atomic E-state index is -0.769. The van der Waals surface area contributed by atoms with Crippen LogP contribution in [0.15, 0.2) is 10.8 Å². The number of hydrogen-bond acceptors (Lipinski definition) is 7. The Balaban J connectivity index is 0.000000516. The van der Waals surface area contributed by atoms with E-state index in [1.165, 1.54) is 46.8 Å². The van der Waals surface area contributed by atoms with Crippen LogP contribution in [0.25, 0.3) is 0 Å². The first-order chi connectivity index (χ1) is 14.9. The molecule has 1 amide bonds. The Morgan fingerprint density at radius 3 is 1.79 bits per heavy atom. The molecule has 2 aliphatic carbocycles. The number of fused-ring (bicyclic) bond motifs is 2. The van der Waals surface area contributed by atoms with E-state index in [0.717, 1.165) is 43.2 Å². The van der Waals surface area contributed by atoms with E-state index >= 15 is 0 Å². The fourth-order valence-electron chi connectivity index (χ4n) is 3.60. The Bertz CT molecular complexity index is 867. The van der Waals surface area contributed by atoms with Crippen LogP contribution in [0.4, 0.5) is 0 Å². The van der Waals surface area contributed by atoms with Crippen LogP contribution in [0.3, 0.4) is 0 Å². The third kappa shape index (κ3) is 8.66. The van der Waals surface area contributed by atoms with Crippen LogP contribution < -0.4 is 5.48 Å². The Kier molecular flexibility index (Phi) is 15.5. The molecule has 4 rings (SSSR count). The highest BCUT2D eigenvalue weighted by Gasteiger charge is 2.22. The number of amides is 1. The molecule has 10 heteroatoms. The fourth-order valence-corrected chi connectivity index (χ4v) is 5.84. The van der Waals surface area contributed by atoms with Gasteiger partial charge in [-0.2, -0.15) is 0 Å². The zero-order valence-corrected chi connectivity index (χ0v) is 21.5. The van der Waals surface area contributed by atoms with E-state index in [0.29, 0.717) is 5.56 Å². The largest absolute Gasteiger partial charge is 0.478 e. The van der Waals surface area contributed by atoms with Gasteiger partial charge < -0.3 is 9.94 Å². The van der Waals surface area contributed by atoms with Gasteiger partial charge in [-0.1, -0.05) is 7.43 Å². The molecular formula is C23H37ClN2O5S2. The smallest absolute Gasteiger partial charge is 0.336 e. The summed E-state index contributed by atoms with van der Waals surface area (Å²) in [5.41, 5.74) is 6.15. The van der Waals surface area contributed by atoms with Gasteiger partial charge in [0.1, 0.15) is 0 Å². The van der Waals surface area contributed by atoms with Gasteiger partial charge in [-0.15, -0.1) is 35.1 Å². The molecule has 0 unspecified atom stereocenters. The van der Waals surface area contributed by atoms with E-state index in [4.69, 9.17) is 9.94 Å². The molecule has 2 heterocycles. The molecule has 0 fully saturated rings. The lowest BCUT2D eigenvalue weighted by Crippen LogP contribution is -2.26. The summed E-state index contributed by atoms with van der Waals surface area (Å²) in [4.78, 5) is 34.5. The van der Waals surface area contributed by atoms with Crippen LogP contribution in [0.1, 0.15) is 74.7 Å². The van der Waals surface area contributed by atoms with Crippen molar-refractivity contribution < 1.29 is 24.4 Å². The first kappa shape index (κ1) is 31.5. The molecule has 0 saturated heterocycles. The third-order valence-corrected chi connectivity index (χ3v) is 7.52. The van der Waals surface area contributed by atoms with Crippen molar-refractivity contribution in [2.45, 2.75) is 58.8 Å². The van der Waals surface area contributed by atoms with Crippen molar-refractivity contribution in [1.29, 1.82) is 0 Å².